The van der Waals surface area contributed by atoms with Crippen molar-refractivity contribution >= 4 is 42.6 Å². The smallest absolute Gasteiger partial charge is 0.218 e. The Balaban J connectivity index is 0.000000343. The first-order chi connectivity index (χ1) is 21.9. The molecule has 0 aliphatic carbocycles. The van der Waals surface area contributed by atoms with Gasteiger partial charge in [-0.1, -0.05) is 44.2 Å². The van der Waals surface area contributed by atoms with E-state index in [9.17, 15) is 51.5 Å². The summed E-state index contributed by atoms with van der Waals surface area (Å²) in [5, 5.41) is 66.2. The van der Waals surface area contributed by atoms with Crippen LogP contribution in [0.25, 0.3) is 0 Å². The quantitative estimate of drug-likeness (QED) is 0.0466. The monoisotopic (exact) mass is 754 g/mol. The maximum Gasteiger partial charge on any atom is 0.218 e. The van der Waals surface area contributed by atoms with E-state index in [1.54, 1.807) is 0 Å². The molecule has 47 heavy (non-hydrogen) atoms. The van der Waals surface area contributed by atoms with Gasteiger partial charge < -0.3 is 49.6 Å². The molecule has 2 aliphatic rings. The molecule has 12 atom stereocenters. The predicted octanol–water partition coefficient (Wildman–Crippen LogP) is -3.28. The van der Waals surface area contributed by atoms with Crippen LogP contribution < -0.4 is 0 Å². The number of rotatable bonds is 17. The predicted molar refractivity (Wildman–Crippen MR) is 171 cm³/mol. The van der Waals surface area contributed by atoms with Gasteiger partial charge in [-0.15, -0.1) is 0 Å². The normalized spacial score (nSPS) is 30.7. The fourth-order valence-corrected chi connectivity index (χ4v) is 12.5. The second-order valence-corrected chi connectivity index (χ2v) is 18.0. The number of ether oxygens (including phenoxy) is 1. The summed E-state index contributed by atoms with van der Waals surface area (Å²) in [6, 6.07) is 9.90. The summed E-state index contributed by atoms with van der Waals surface area (Å²) in [7, 11) is -11.1. The molecule has 0 saturated carbocycles. The second kappa shape index (κ2) is 19.7. The van der Waals surface area contributed by atoms with E-state index >= 15 is 0 Å². The highest BCUT2D eigenvalue weighted by Gasteiger charge is 2.51. The van der Waals surface area contributed by atoms with Crippen LogP contribution in [0.2, 0.25) is 0 Å². The van der Waals surface area contributed by atoms with Crippen molar-refractivity contribution in [3.63, 3.8) is 0 Å². The van der Waals surface area contributed by atoms with Crippen LogP contribution in [0, 0.1) is 5.92 Å². The Morgan fingerprint density at radius 1 is 0.851 bits per heavy atom. The first-order valence-electron chi connectivity index (χ1n) is 14.8. The molecule has 0 spiro atoms. The van der Waals surface area contributed by atoms with E-state index in [2.05, 4.69) is 22.2 Å². The summed E-state index contributed by atoms with van der Waals surface area (Å²) in [5.74, 6) is 1.35. The van der Waals surface area contributed by atoms with E-state index in [0.717, 1.165) is 17.7 Å². The fourth-order valence-electron chi connectivity index (χ4n) is 5.49. The number of hydrogen-bond donors (Lipinski definition) is 7. The minimum Gasteiger partial charge on any atom is -0.726 e. The molecule has 274 valence electrons. The topological polar surface area (TPSA) is 284 Å². The Kier molecular flexibility index (Phi) is 17.8. The van der Waals surface area contributed by atoms with Gasteiger partial charge in [0, 0.05) is 16.8 Å². The Bertz CT molecular complexity index is 1260. The summed E-state index contributed by atoms with van der Waals surface area (Å²) < 4.78 is 78.1. The lowest BCUT2D eigenvalue weighted by Gasteiger charge is -2.23. The van der Waals surface area contributed by atoms with Gasteiger partial charge in [-0.25, -0.2) is 16.8 Å². The van der Waals surface area contributed by atoms with Crippen LogP contribution in [0.15, 0.2) is 30.3 Å². The molecule has 2 fully saturated rings. The van der Waals surface area contributed by atoms with Gasteiger partial charge in [-0.2, -0.15) is 0 Å². The fraction of sp³-hybridized carbons (Fsp3) is 0.778. The molecule has 1 aromatic carbocycles. The molecule has 1 aromatic rings. The molecule has 0 aromatic heterocycles. The van der Waals surface area contributed by atoms with E-state index in [1.807, 2.05) is 30.3 Å². The second-order valence-electron chi connectivity index (χ2n) is 11.2. The van der Waals surface area contributed by atoms with Gasteiger partial charge in [0.05, 0.1) is 26.4 Å². The lowest BCUT2D eigenvalue weighted by Crippen LogP contribution is -2.42. The van der Waals surface area contributed by atoms with Crippen molar-refractivity contribution in [1.82, 2.24) is 0 Å². The lowest BCUT2D eigenvalue weighted by molar-refractivity contribution is 0.0105. The van der Waals surface area contributed by atoms with Gasteiger partial charge in [-0.05, 0) is 22.9 Å². The zero-order valence-electron chi connectivity index (χ0n) is 26.0. The summed E-state index contributed by atoms with van der Waals surface area (Å²) in [4.78, 5) is 0. The molecule has 2 saturated heterocycles. The Hall–Kier alpha value is -0.660. The van der Waals surface area contributed by atoms with Crippen molar-refractivity contribution in [2.45, 2.75) is 80.1 Å². The third-order valence-electron chi connectivity index (χ3n) is 7.93. The van der Waals surface area contributed by atoms with Crippen LogP contribution in [0.1, 0.15) is 25.8 Å². The molecule has 2 aliphatic heterocycles. The average molecular weight is 755 g/mol. The third-order valence-corrected chi connectivity index (χ3v) is 14.9. The van der Waals surface area contributed by atoms with Gasteiger partial charge in [0.1, 0.15) is 71.0 Å². The zero-order valence-corrected chi connectivity index (χ0v) is 29.2. The maximum absolute atomic E-state index is 10.8. The third kappa shape index (κ3) is 13.9. The molecule has 20 heteroatoms. The number of aliphatic hydroxyl groups excluding tert-OH is 7. The summed E-state index contributed by atoms with van der Waals surface area (Å²) in [5.41, 5.74) is 1.10. The van der Waals surface area contributed by atoms with Gasteiger partial charge in [0.2, 0.25) is 20.8 Å². The molecule has 7 N–H and O–H groups in total. The van der Waals surface area contributed by atoms with Crippen LogP contribution in [0.3, 0.4) is 0 Å². The molecular weight excluding hydrogens is 709 g/mol. The number of aliphatic hydroxyl groups is 7. The van der Waals surface area contributed by atoms with Crippen LogP contribution >= 0.6 is 0 Å². The van der Waals surface area contributed by atoms with Crippen LogP contribution in [-0.2, 0) is 62.3 Å². The summed E-state index contributed by atoms with van der Waals surface area (Å²) in [6.07, 6.45) is -6.97. The van der Waals surface area contributed by atoms with Gasteiger partial charge >= 0.3 is 0 Å². The Labute approximate surface area is 281 Å². The lowest BCUT2D eigenvalue weighted by atomic mass is 10.0. The van der Waals surface area contributed by atoms with Crippen molar-refractivity contribution in [2.75, 3.05) is 42.8 Å². The Morgan fingerprint density at radius 2 is 1.34 bits per heavy atom. The van der Waals surface area contributed by atoms with E-state index in [1.165, 1.54) is 0 Å². The molecule has 0 amide bonds. The SMILES string of the molecule is CC[C@@H]1[C@@H](C)[C@H](OCc2ccccc2)C[S+]1C[C@@H](O)[C@H](CO)OS(=O)(=O)[O-].O=S(=O)([O-])O[C@@H](CO)[C@H](O)C[S+]1C[C@@H](O)[C@H](O)[C@H]1CO. The highest BCUT2D eigenvalue weighted by Crippen LogP contribution is 2.34. The summed E-state index contributed by atoms with van der Waals surface area (Å²) in [6.45, 7) is 2.71. The molecule has 3 rings (SSSR count). The maximum atomic E-state index is 10.8. The van der Waals surface area contributed by atoms with Crippen molar-refractivity contribution in [1.29, 1.82) is 0 Å². The molecule has 0 radical (unpaired) electrons. The minimum absolute atomic E-state index is 0.0439. The van der Waals surface area contributed by atoms with Crippen LogP contribution in [0.4, 0.5) is 0 Å². The zero-order chi connectivity index (χ0) is 35.5. The average Bonchev–Trinajstić information content (AvgIpc) is 3.45. The van der Waals surface area contributed by atoms with Crippen molar-refractivity contribution in [3.05, 3.63) is 35.9 Å². The molecule has 2 unspecified atom stereocenters. The first kappa shape index (κ1) is 42.5. The van der Waals surface area contributed by atoms with Crippen molar-refractivity contribution < 1.29 is 74.8 Å². The highest BCUT2D eigenvalue weighted by atomic mass is 32.3. The molecule has 2 heterocycles. The molecule has 0 bridgehead atoms. The molecule has 16 nitrogen and oxygen atoms in total. The number of hydrogen-bond acceptors (Lipinski definition) is 16. The summed E-state index contributed by atoms with van der Waals surface area (Å²) >= 11 is 0. The van der Waals surface area contributed by atoms with E-state index in [-0.39, 0.29) is 34.3 Å². The number of benzene rings is 1. The van der Waals surface area contributed by atoms with Gasteiger partial charge in [0.25, 0.3) is 0 Å². The van der Waals surface area contributed by atoms with Crippen LogP contribution in [0.5, 0.6) is 0 Å². The van der Waals surface area contributed by atoms with Crippen LogP contribution in [-0.4, -0.2) is 158 Å². The standard InChI is InChI=1S/C18H28O7S2.C9H18O9S2/c1-3-18-13(2)17(24-10-14-7-5-4-6-8-14)12-26(18)11-15(20)16(9-19)25-27(21,22)23;10-1-7(18-20(15,16)17)5(12)3-19-4-6(13)9(14)8(19)2-11/h4-8,13,15-20H,3,9-12H2,1-2H3;5-14H,1-4H2/t13-,15+,16-,17+,18+,26?;5-,6-,7+,8-,9+,19?/m01/s1. The van der Waals surface area contributed by atoms with E-state index < -0.39 is 93.4 Å². The van der Waals surface area contributed by atoms with E-state index in [0.29, 0.717) is 17.8 Å². The molecular formula is C27H46O16S4. The largest absolute Gasteiger partial charge is 0.726 e. The van der Waals surface area contributed by atoms with Crippen molar-refractivity contribution in [2.24, 2.45) is 5.92 Å². The van der Waals surface area contributed by atoms with Crippen molar-refractivity contribution in [3.8, 4) is 0 Å². The highest BCUT2D eigenvalue weighted by molar-refractivity contribution is 7.98. The Morgan fingerprint density at radius 3 is 1.77 bits per heavy atom. The van der Waals surface area contributed by atoms with E-state index in [4.69, 9.17) is 14.9 Å². The first-order valence-corrected chi connectivity index (χ1v) is 20.7. The van der Waals surface area contributed by atoms with Gasteiger partial charge in [-0.3, -0.25) is 8.37 Å². The minimum atomic E-state index is -5.07. The van der Waals surface area contributed by atoms with Gasteiger partial charge in [0.15, 0.2) is 5.25 Å².